The molecular weight excluding hydrogens is 507 g/mol. The molecule has 3 aromatic heterocycles. The Hall–Kier alpha value is -2.64. The fourth-order valence-electron chi connectivity index (χ4n) is 3.81. The number of ether oxygens (including phenoxy) is 1. The Kier molecular flexibility index (Phi) is 13.3. The maximum atomic E-state index is 11.9. The summed E-state index contributed by atoms with van der Waals surface area (Å²) in [6.07, 6.45) is 10.2. The molecule has 1 N–H and O–H groups in total. The van der Waals surface area contributed by atoms with Crippen LogP contribution in [0.25, 0.3) is 10.9 Å². The first-order valence-corrected chi connectivity index (χ1v) is 11.0. The van der Waals surface area contributed by atoms with Gasteiger partial charge in [0.05, 0.1) is 12.1 Å². The van der Waals surface area contributed by atoms with Gasteiger partial charge in [0, 0.05) is 50.0 Å². The minimum absolute atomic E-state index is 0. The van der Waals surface area contributed by atoms with Crippen molar-refractivity contribution in [1.82, 2.24) is 19.9 Å². The Balaban J connectivity index is 0.00000204. The van der Waals surface area contributed by atoms with Gasteiger partial charge in [-0.1, -0.05) is 6.07 Å². The molecule has 0 amide bonds. The number of nitrogens with one attached hydrogen (secondary N) is 1. The minimum atomic E-state index is -0.0210. The van der Waals surface area contributed by atoms with Crippen molar-refractivity contribution in [2.24, 2.45) is 7.05 Å². The van der Waals surface area contributed by atoms with Crippen LogP contribution in [0.2, 0.25) is 0 Å². The van der Waals surface area contributed by atoms with Crippen LogP contribution in [-0.4, -0.2) is 27.7 Å². The quantitative estimate of drug-likeness (QED) is 0.277. The smallest absolute Gasteiger partial charge is 0.250 e. The molecule has 1 aromatic carbocycles. The number of halogens is 3. The summed E-state index contributed by atoms with van der Waals surface area (Å²) < 4.78 is 7.60. The van der Waals surface area contributed by atoms with Crippen molar-refractivity contribution < 1.29 is 4.74 Å². The molecule has 0 radical (unpaired) electrons. The Morgan fingerprint density at radius 1 is 0.971 bits per heavy atom. The van der Waals surface area contributed by atoms with Gasteiger partial charge in [-0.2, -0.15) is 0 Å². The summed E-state index contributed by atoms with van der Waals surface area (Å²) in [7, 11) is 1.78. The van der Waals surface area contributed by atoms with E-state index in [4.69, 9.17) is 4.74 Å². The lowest BCUT2D eigenvalue weighted by atomic mass is 10.0. The Bertz CT molecular complexity index is 1210. The average Bonchev–Trinajstić information content (AvgIpc) is 2.84. The molecule has 0 aliphatic heterocycles. The topological polar surface area (TPSA) is 69.0 Å². The van der Waals surface area contributed by atoms with E-state index >= 15 is 0 Å². The lowest BCUT2D eigenvalue weighted by Gasteiger charge is -2.19. The van der Waals surface area contributed by atoms with Crippen molar-refractivity contribution in [3.8, 4) is 5.75 Å². The number of benzene rings is 1. The van der Waals surface area contributed by atoms with Crippen molar-refractivity contribution in [3.05, 3.63) is 101 Å². The van der Waals surface area contributed by atoms with Crippen LogP contribution in [0.5, 0.6) is 5.75 Å². The number of rotatable bonds is 10. The third-order valence-corrected chi connectivity index (χ3v) is 5.63. The van der Waals surface area contributed by atoms with Crippen molar-refractivity contribution >= 4 is 48.1 Å². The molecule has 1 unspecified atom stereocenters. The second-order valence-electron chi connectivity index (χ2n) is 7.84. The molecule has 0 spiro atoms. The second-order valence-corrected chi connectivity index (χ2v) is 7.84. The predicted octanol–water partition coefficient (Wildman–Crippen LogP) is 5.33. The highest BCUT2D eigenvalue weighted by atomic mass is 35.5. The third-order valence-electron chi connectivity index (χ3n) is 5.63. The summed E-state index contributed by atoms with van der Waals surface area (Å²) >= 11 is 0. The zero-order chi connectivity index (χ0) is 22.2. The average molecular weight is 538 g/mol. The molecule has 6 nitrogen and oxygen atoms in total. The molecule has 0 fully saturated rings. The van der Waals surface area contributed by atoms with E-state index in [1.807, 2.05) is 48.9 Å². The highest BCUT2D eigenvalue weighted by Gasteiger charge is 2.11. The maximum Gasteiger partial charge on any atom is 0.250 e. The van der Waals surface area contributed by atoms with Gasteiger partial charge >= 0.3 is 0 Å². The summed E-state index contributed by atoms with van der Waals surface area (Å²) in [5, 5.41) is 4.69. The fraction of sp³-hybridized carbons (Fsp3) is 0.269. The molecule has 0 saturated carbocycles. The molecule has 0 bridgehead atoms. The molecule has 4 aromatic rings. The van der Waals surface area contributed by atoms with Crippen molar-refractivity contribution in [2.45, 2.75) is 25.3 Å². The van der Waals surface area contributed by atoms with Gasteiger partial charge in [0.25, 0.3) is 5.56 Å². The van der Waals surface area contributed by atoms with Gasteiger partial charge in [-0.05, 0) is 78.7 Å². The summed E-state index contributed by atoms with van der Waals surface area (Å²) in [6.45, 7) is 1.44. The molecule has 0 aliphatic carbocycles. The van der Waals surface area contributed by atoms with E-state index in [0.29, 0.717) is 6.61 Å². The summed E-state index contributed by atoms with van der Waals surface area (Å²) in [6, 6.07) is 17.8. The molecule has 4 rings (SSSR count). The Morgan fingerprint density at radius 3 is 2.49 bits per heavy atom. The third kappa shape index (κ3) is 8.51. The van der Waals surface area contributed by atoms with Gasteiger partial charge < -0.3 is 14.6 Å². The molecule has 3 heterocycles. The van der Waals surface area contributed by atoms with E-state index < -0.39 is 0 Å². The normalized spacial score (nSPS) is 11.0. The second kappa shape index (κ2) is 15.4. The summed E-state index contributed by atoms with van der Waals surface area (Å²) in [4.78, 5) is 20.2. The van der Waals surface area contributed by atoms with Crippen LogP contribution in [0.1, 0.15) is 30.0 Å². The van der Waals surface area contributed by atoms with Gasteiger partial charge in [0.15, 0.2) is 0 Å². The van der Waals surface area contributed by atoms with Crippen LogP contribution in [0.15, 0.2) is 84.2 Å². The van der Waals surface area contributed by atoms with E-state index in [1.165, 1.54) is 11.1 Å². The lowest BCUT2D eigenvalue weighted by Crippen LogP contribution is -2.24. The van der Waals surface area contributed by atoms with Gasteiger partial charge in [-0.25, -0.2) is 0 Å². The Labute approximate surface area is 224 Å². The Morgan fingerprint density at radius 2 is 1.74 bits per heavy atom. The fourth-order valence-corrected chi connectivity index (χ4v) is 3.81. The number of nitrogens with zero attached hydrogens (tertiary/aromatic N) is 3. The van der Waals surface area contributed by atoms with Crippen LogP contribution < -0.4 is 15.6 Å². The number of hydrogen-bond donors (Lipinski definition) is 1. The van der Waals surface area contributed by atoms with Crippen molar-refractivity contribution in [2.75, 3.05) is 13.2 Å². The van der Waals surface area contributed by atoms with Gasteiger partial charge in [-0.15, -0.1) is 37.2 Å². The van der Waals surface area contributed by atoms with Gasteiger partial charge in [0.1, 0.15) is 5.75 Å². The van der Waals surface area contributed by atoms with Gasteiger partial charge in [-0.3, -0.25) is 14.8 Å². The van der Waals surface area contributed by atoms with Gasteiger partial charge in [0.2, 0.25) is 0 Å². The van der Waals surface area contributed by atoms with Crippen molar-refractivity contribution in [1.29, 1.82) is 0 Å². The first-order valence-electron chi connectivity index (χ1n) is 11.0. The molecular formula is C26H31Cl3N4O2. The van der Waals surface area contributed by atoms with E-state index in [1.54, 1.807) is 23.9 Å². The number of aromatic nitrogens is 3. The van der Waals surface area contributed by atoms with Crippen LogP contribution in [0, 0.1) is 0 Å². The van der Waals surface area contributed by atoms with E-state index in [0.717, 1.165) is 42.5 Å². The molecule has 1 atom stereocenters. The molecule has 35 heavy (non-hydrogen) atoms. The predicted molar refractivity (Wildman–Crippen MR) is 149 cm³/mol. The lowest BCUT2D eigenvalue weighted by molar-refractivity contribution is 0.304. The summed E-state index contributed by atoms with van der Waals surface area (Å²) in [5.41, 5.74) is 3.33. The highest BCUT2D eigenvalue weighted by Crippen LogP contribution is 2.20. The van der Waals surface area contributed by atoms with E-state index in [2.05, 4.69) is 33.5 Å². The van der Waals surface area contributed by atoms with E-state index in [9.17, 15) is 4.79 Å². The highest BCUT2D eigenvalue weighted by molar-refractivity contribution is 5.86. The minimum Gasteiger partial charge on any atom is -0.493 e. The maximum absolute atomic E-state index is 11.9. The molecule has 0 aliphatic rings. The van der Waals surface area contributed by atoms with Crippen LogP contribution in [-0.2, 0) is 13.5 Å². The largest absolute Gasteiger partial charge is 0.493 e. The monoisotopic (exact) mass is 536 g/mol. The first-order chi connectivity index (χ1) is 15.7. The van der Waals surface area contributed by atoms with Crippen LogP contribution >= 0.6 is 37.2 Å². The van der Waals surface area contributed by atoms with Crippen molar-refractivity contribution in [3.63, 3.8) is 0 Å². The zero-order valence-electron chi connectivity index (χ0n) is 19.5. The number of fused-ring (bicyclic) bond motifs is 1. The number of aryl methyl sites for hydroxylation is 2. The van der Waals surface area contributed by atoms with Crippen LogP contribution in [0.4, 0.5) is 0 Å². The molecule has 0 saturated heterocycles. The standard InChI is InChI=1S/C26H28N4O2.3ClH/c1-30-25-18-23(8-6-22(25)7-10-26(30)31)32-17-3-14-29-24(21-11-15-27-16-12-21)9-5-20-4-2-13-28-19-20;;;/h2,4,6-8,10-13,15-16,18-19,24,29H,3,5,9,14,17H2,1H3;3*1H. The van der Waals surface area contributed by atoms with Crippen LogP contribution in [0.3, 0.4) is 0 Å². The summed E-state index contributed by atoms with van der Waals surface area (Å²) in [5.74, 6) is 0.779. The number of pyridine rings is 3. The molecule has 188 valence electrons. The zero-order valence-corrected chi connectivity index (χ0v) is 22.0. The SMILES string of the molecule is Cl.Cl.Cl.Cn1c(=O)ccc2ccc(OCCCNC(CCc3cccnc3)c3ccncc3)cc21. The number of hydrogen-bond acceptors (Lipinski definition) is 5. The molecule has 9 heteroatoms. The first kappa shape index (κ1) is 30.4. The van der Waals surface area contributed by atoms with E-state index in [-0.39, 0.29) is 48.8 Å².